The van der Waals surface area contributed by atoms with Gasteiger partial charge in [-0.05, 0) is 34.2 Å². The summed E-state index contributed by atoms with van der Waals surface area (Å²) in [5.74, 6) is 0. The Balaban J connectivity index is 2.87. The number of thiophene rings is 1. The summed E-state index contributed by atoms with van der Waals surface area (Å²) in [5.41, 5.74) is 0.874. The molecule has 0 bridgehead atoms. The van der Waals surface area contributed by atoms with E-state index in [4.69, 9.17) is 5.11 Å². The van der Waals surface area contributed by atoms with E-state index in [1.54, 1.807) is 0 Å². The van der Waals surface area contributed by atoms with Crippen LogP contribution in [0.4, 0.5) is 0 Å². The molecule has 0 spiro atoms. The number of aliphatic hydroxyl groups excluding tert-OH is 1. The second-order valence-corrected chi connectivity index (χ2v) is 4.78. The van der Waals surface area contributed by atoms with E-state index in [1.165, 1.54) is 11.3 Å². The topological polar surface area (TPSA) is 40.5 Å². The molecule has 0 radical (unpaired) electrons. The van der Waals surface area contributed by atoms with Crippen molar-refractivity contribution < 1.29 is 10.2 Å². The maximum absolute atomic E-state index is 9.49. The van der Waals surface area contributed by atoms with Gasteiger partial charge < -0.3 is 10.2 Å². The van der Waals surface area contributed by atoms with Crippen LogP contribution in [-0.4, -0.2) is 10.2 Å². The maximum atomic E-state index is 9.49. The molecule has 68 valence electrons. The van der Waals surface area contributed by atoms with Crippen molar-refractivity contribution in [1.82, 2.24) is 0 Å². The van der Waals surface area contributed by atoms with E-state index in [1.807, 2.05) is 18.2 Å². The van der Waals surface area contributed by atoms with Gasteiger partial charge in [-0.3, -0.25) is 0 Å². The fourth-order valence-corrected chi connectivity index (χ4v) is 3.33. The Morgan fingerprint density at radius 1 is 1.38 bits per heavy atom. The lowest BCUT2D eigenvalue weighted by Gasteiger charge is -1.98. The number of rotatable bonds is 1. The Hall–Kier alpha value is -0.330. The molecular formula is C9H7IO2S. The third kappa shape index (κ3) is 1.43. The van der Waals surface area contributed by atoms with Crippen molar-refractivity contribution in [2.24, 2.45) is 0 Å². The molecule has 0 aliphatic heterocycles. The lowest BCUT2D eigenvalue weighted by Crippen LogP contribution is -1.83. The van der Waals surface area contributed by atoms with Crippen LogP contribution in [0.2, 0.25) is 0 Å². The summed E-state index contributed by atoms with van der Waals surface area (Å²) >= 11 is 3.44. The Bertz CT molecular complexity index is 450. The number of benzene rings is 1. The Kier molecular flexibility index (Phi) is 2.44. The zero-order chi connectivity index (χ0) is 9.42. The predicted molar refractivity (Wildman–Crippen MR) is 62.1 cm³/mol. The van der Waals surface area contributed by atoms with Gasteiger partial charge in [0, 0.05) is 10.1 Å². The first-order valence-electron chi connectivity index (χ1n) is 3.73. The Labute approximate surface area is 93.0 Å². The smallest absolute Gasteiger partial charge is 0.186 e. The van der Waals surface area contributed by atoms with Crippen LogP contribution in [0, 0.1) is 3.57 Å². The molecule has 4 heteroatoms. The van der Waals surface area contributed by atoms with Crippen LogP contribution in [0.5, 0.6) is 5.06 Å². The first kappa shape index (κ1) is 9.23. The lowest BCUT2D eigenvalue weighted by molar-refractivity contribution is 0.283. The summed E-state index contributed by atoms with van der Waals surface area (Å²) in [6.07, 6.45) is 0. The molecule has 0 saturated heterocycles. The number of fused-ring (bicyclic) bond motifs is 1. The predicted octanol–water partition coefficient (Wildman–Crippen LogP) is 2.70. The minimum atomic E-state index is 0.0174. The third-order valence-electron chi connectivity index (χ3n) is 1.90. The number of aliphatic hydroxyl groups is 1. The molecule has 1 heterocycles. The van der Waals surface area contributed by atoms with Crippen molar-refractivity contribution in [1.29, 1.82) is 0 Å². The first-order chi connectivity index (χ1) is 6.24. The molecule has 2 nitrogen and oxygen atoms in total. The fourth-order valence-electron chi connectivity index (χ4n) is 1.30. The SMILES string of the molecule is OCc1cccc2sc(O)c(I)c12. The van der Waals surface area contributed by atoms with Gasteiger partial charge in [0.15, 0.2) is 5.06 Å². The van der Waals surface area contributed by atoms with E-state index in [0.29, 0.717) is 5.06 Å². The zero-order valence-corrected chi connectivity index (χ0v) is 9.59. The molecule has 0 fully saturated rings. The molecule has 0 aliphatic carbocycles. The summed E-state index contributed by atoms with van der Waals surface area (Å²) in [4.78, 5) is 0. The molecule has 2 rings (SSSR count). The minimum Gasteiger partial charge on any atom is -0.499 e. The third-order valence-corrected chi connectivity index (χ3v) is 4.27. The zero-order valence-electron chi connectivity index (χ0n) is 6.62. The van der Waals surface area contributed by atoms with Crippen molar-refractivity contribution in [3.8, 4) is 5.06 Å². The van der Waals surface area contributed by atoms with Gasteiger partial charge in [-0.15, -0.1) is 0 Å². The van der Waals surface area contributed by atoms with Crippen molar-refractivity contribution in [3.05, 3.63) is 27.3 Å². The highest BCUT2D eigenvalue weighted by atomic mass is 127. The maximum Gasteiger partial charge on any atom is 0.186 e. The van der Waals surface area contributed by atoms with E-state index in [9.17, 15) is 5.11 Å². The monoisotopic (exact) mass is 306 g/mol. The summed E-state index contributed by atoms with van der Waals surface area (Å²) in [5, 5.41) is 19.9. The average molecular weight is 306 g/mol. The van der Waals surface area contributed by atoms with Crippen LogP contribution in [0.1, 0.15) is 5.56 Å². The average Bonchev–Trinajstić information content (AvgIpc) is 2.43. The molecule has 2 aromatic rings. The first-order valence-corrected chi connectivity index (χ1v) is 5.63. The molecule has 0 amide bonds. The number of hydrogen-bond donors (Lipinski definition) is 2. The molecule has 13 heavy (non-hydrogen) atoms. The number of hydrogen-bond acceptors (Lipinski definition) is 3. The lowest BCUT2D eigenvalue weighted by atomic mass is 10.1. The Morgan fingerprint density at radius 2 is 2.15 bits per heavy atom. The number of halogens is 1. The van der Waals surface area contributed by atoms with Crippen LogP contribution in [0.15, 0.2) is 18.2 Å². The van der Waals surface area contributed by atoms with Gasteiger partial charge in [0.2, 0.25) is 0 Å². The fraction of sp³-hybridized carbons (Fsp3) is 0.111. The summed E-state index contributed by atoms with van der Waals surface area (Å²) in [7, 11) is 0. The largest absolute Gasteiger partial charge is 0.499 e. The van der Waals surface area contributed by atoms with Gasteiger partial charge in [-0.1, -0.05) is 23.5 Å². The van der Waals surface area contributed by atoms with Gasteiger partial charge in [-0.2, -0.15) is 0 Å². The van der Waals surface area contributed by atoms with Crippen molar-refractivity contribution in [2.75, 3.05) is 0 Å². The van der Waals surface area contributed by atoms with Crippen LogP contribution >= 0.6 is 33.9 Å². The normalized spacial score (nSPS) is 10.9. The van der Waals surface area contributed by atoms with E-state index >= 15 is 0 Å². The van der Waals surface area contributed by atoms with E-state index in [2.05, 4.69) is 22.6 Å². The molecule has 0 saturated carbocycles. The summed E-state index contributed by atoms with van der Waals surface area (Å²) < 4.78 is 1.86. The highest BCUT2D eigenvalue weighted by Gasteiger charge is 2.11. The van der Waals surface area contributed by atoms with E-state index in [-0.39, 0.29) is 6.61 Å². The van der Waals surface area contributed by atoms with E-state index < -0.39 is 0 Å². The highest BCUT2D eigenvalue weighted by molar-refractivity contribution is 14.1. The van der Waals surface area contributed by atoms with Crippen molar-refractivity contribution in [2.45, 2.75) is 6.61 Å². The number of aromatic hydroxyl groups is 1. The van der Waals surface area contributed by atoms with Gasteiger partial charge in [-0.25, -0.2) is 0 Å². The Morgan fingerprint density at radius 3 is 2.85 bits per heavy atom. The van der Waals surface area contributed by atoms with Crippen LogP contribution < -0.4 is 0 Å². The van der Waals surface area contributed by atoms with Crippen LogP contribution in [-0.2, 0) is 6.61 Å². The highest BCUT2D eigenvalue weighted by Crippen LogP contribution is 2.39. The van der Waals surface area contributed by atoms with Crippen molar-refractivity contribution >= 4 is 44.0 Å². The molecular weight excluding hydrogens is 299 g/mol. The second-order valence-electron chi connectivity index (χ2n) is 2.67. The molecule has 0 atom stereocenters. The molecule has 0 unspecified atom stereocenters. The van der Waals surface area contributed by atoms with E-state index in [0.717, 1.165) is 19.2 Å². The van der Waals surface area contributed by atoms with Gasteiger partial charge >= 0.3 is 0 Å². The summed E-state index contributed by atoms with van der Waals surface area (Å²) in [6.45, 7) is 0.0174. The van der Waals surface area contributed by atoms with Gasteiger partial charge in [0.1, 0.15) is 0 Å². The molecule has 2 N–H and O–H groups in total. The molecule has 1 aromatic carbocycles. The molecule has 0 aliphatic rings. The quantitative estimate of drug-likeness (QED) is 0.795. The minimum absolute atomic E-state index is 0.0174. The van der Waals surface area contributed by atoms with Crippen molar-refractivity contribution in [3.63, 3.8) is 0 Å². The standard InChI is InChI=1S/C9H7IO2S/c10-8-7-5(4-11)2-1-3-6(7)13-9(8)12/h1-3,11-12H,4H2. The molecule has 1 aromatic heterocycles. The second kappa shape index (κ2) is 3.43. The van der Waals surface area contributed by atoms with Gasteiger partial charge in [0.05, 0.1) is 10.2 Å². The van der Waals surface area contributed by atoms with Crippen LogP contribution in [0.3, 0.4) is 0 Å². The summed E-state index contributed by atoms with van der Waals surface area (Å²) in [6, 6.07) is 5.71. The van der Waals surface area contributed by atoms with Crippen LogP contribution in [0.25, 0.3) is 10.1 Å². The van der Waals surface area contributed by atoms with Gasteiger partial charge in [0.25, 0.3) is 0 Å².